The lowest BCUT2D eigenvalue weighted by molar-refractivity contribution is -0.309. The summed E-state index contributed by atoms with van der Waals surface area (Å²) in [6.45, 7) is 5.07. The summed E-state index contributed by atoms with van der Waals surface area (Å²) in [5.41, 5.74) is 2.89. The Hall–Kier alpha value is -3.39. The van der Waals surface area contributed by atoms with E-state index in [0.29, 0.717) is 22.1 Å². The lowest BCUT2D eigenvalue weighted by atomic mass is 9.99. The third kappa shape index (κ3) is 4.43. The maximum absolute atomic E-state index is 12.6. The van der Waals surface area contributed by atoms with Gasteiger partial charge in [-0.15, -0.1) is 0 Å². The Labute approximate surface area is 197 Å². The van der Waals surface area contributed by atoms with Gasteiger partial charge in [-0.3, -0.25) is 4.79 Å². The molecule has 8 heteroatoms. The van der Waals surface area contributed by atoms with Gasteiger partial charge in [-0.05, 0) is 42.2 Å². The van der Waals surface area contributed by atoms with Gasteiger partial charge in [0.25, 0.3) is 0 Å². The molecule has 4 aromatic rings. The molecule has 0 aliphatic heterocycles. The monoisotopic (exact) mass is 510 g/mol. The van der Waals surface area contributed by atoms with Gasteiger partial charge in [0.1, 0.15) is 11.2 Å². The molecular formula is C25H21BrNO6-. The molecule has 0 saturated heterocycles. The van der Waals surface area contributed by atoms with Crippen LogP contribution in [-0.4, -0.2) is 17.9 Å². The summed E-state index contributed by atoms with van der Waals surface area (Å²) in [5.74, 6) is -2.32. The van der Waals surface area contributed by atoms with Crippen LogP contribution in [0.25, 0.3) is 33.1 Å². The lowest BCUT2D eigenvalue weighted by Gasteiger charge is -2.23. The predicted octanol–water partition coefficient (Wildman–Crippen LogP) is 3.71. The van der Waals surface area contributed by atoms with Crippen molar-refractivity contribution in [1.29, 1.82) is 0 Å². The fraction of sp³-hybridized carbons (Fsp3) is 0.240. The Balaban J connectivity index is 1.76. The van der Waals surface area contributed by atoms with E-state index in [9.17, 15) is 19.5 Å². The van der Waals surface area contributed by atoms with Crippen LogP contribution >= 0.6 is 15.9 Å². The zero-order chi connectivity index (χ0) is 23.9. The van der Waals surface area contributed by atoms with Gasteiger partial charge >= 0.3 is 5.63 Å². The number of benzene rings is 2. The number of carboxylic acid groups (broad SMARTS) is 1. The second-order valence-electron chi connectivity index (χ2n) is 8.28. The number of carbonyl (C=O) groups excluding carboxylic acids is 2. The molecule has 1 N–H and O–H groups in total. The standard InChI is InChI=1S/C25H22BrNO6/c1-12(2)23(24(29)30)27-22(28)9-17-13(3)16-8-18-19(14-4-6-15(26)7-5-14)11-32-20(18)10-21(16)33-25(17)31/h4-8,10-12,23H,9H2,1-3H3,(H,27,28)(H,29,30)/p-1/t23-/m0/s1. The van der Waals surface area contributed by atoms with E-state index in [0.717, 1.165) is 21.0 Å². The van der Waals surface area contributed by atoms with Crippen LogP contribution in [0.3, 0.4) is 0 Å². The van der Waals surface area contributed by atoms with Crippen molar-refractivity contribution in [2.24, 2.45) is 5.92 Å². The van der Waals surface area contributed by atoms with E-state index in [1.54, 1.807) is 33.1 Å². The van der Waals surface area contributed by atoms with E-state index < -0.39 is 23.5 Å². The number of carbonyl (C=O) groups is 2. The predicted molar refractivity (Wildman–Crippen MR) is 126 cm³/mol. The molecule has 0 aliphatic carbocycles. The molecule has 0 radical (unpaired) electrons. The number of nitrogens with one attached hydrogen (secondary N) is 1. The third-order valence-corrected chi connectivity index (χ3v) is 6.24. The van der Waals surface area contributed by atoms with E-state index in [4.69, 9.17) is 8.83 Å². The normalized spacial score (nSPS) is 12.4. The maximum atomic E-state index is 12.6. The minimum atomic E-state index is -1.37. The van der Waals surface area contributed by atoms with Crippen molar-refractivity contribution in [2.45, 2.75) is 33.2 Å². The number of hydrogen-bond acceptors (Lipinski definition) is 6. The number of fused-ring (bicyclic) bond motifs is 2. The molecule has 170 valence electrons. The molecule has 4 rings (SSSR count). The fourth-order valence-corrected chi connectivity index (χ4v) is 4.11. The number of aryl methyl sites for hydroxylation is 1. The van der Waals surface area contributed by atoms with Gasteiger partial charge in [0.15, 0.2) is 0 Å². The van der Waals surface area contributed by atoms with Crippen LogP contribution in [0.1, 0.15) is 25.0 Å². The zero-order valence-electron chi connectivity index (χ0n) is 18.2. The molecule has 33 heavy (non-hydrogen) atoms. The van der Waals surface area contributed by atoms with Crippen molar-refractivity contribution in [3.8, 4) is 11.1 Å². The van der Waals surface area contributed by atoms with Gasteiger partial charge in [0.2, 0.25) is 5.91 Å². The number of carboxylic acids is 1. The molecule has 0 fully saturated rings. The average molecular weight is 511 g/mol. The molecule has 2 aromatic heterocycles. The van der Waals surface area contributed by atoms with E-state index in [1.165, 1.54) is 0 Å². The second-order valence-corrected chi connectivity index (χ2v) is 9.19. The van der Waals surface area contributed by atoms with Crippen LogP contribution in [0.4, 0.5) is 0 Å². The van der Waals surface area contributed by atoms with Crippen molar-refractivity contribution in [1.82, 2.24) is 5.32 Å². The summed E-state index contributed by atoms with van der Waals surface area (Å²) in [4.78, 5) is 36.4. The van der Waals surface area contributed by atoms with Gasteiger partial charge < -0.3 is 24.1 Å². The minimum absolute atomic E-state index is 0.175. The molecule has 0 aliphatic rings. The highest BCUT2D eigenvalue weighted by Gasteiger charge is 2.21. The van der Waals surface area contributed by atoms with Crippen molar-refractivity contribution in [2.75, 3.05) is 0 Å². The average Bonchev–Trinajstić information content (AvgIpc) is 3.16. The van der Waals surface area contributed by atoms with E-state index >= 15 is 0 Å². The van der Waals surface area contributed by atoms with Crippen LogP contribution in [0.15, 0.2) is 60.8 Å². The first kappa shape index (κ1) is 22.8. The summed E-state index contributed by atoms with van der Waals surface area (Å²) in [6.07, 6.45) is 1.35. The number of aliphatic carboxylic acids is 1. The van der Waals surface area contributed by atoms with Crippen molar-refractivity contribution in [3.63, 3.8) is 0 Å². The first-order chi connectivity index (χ1) is 15.7. The van der Waals surface area contributed by atoms with E-state index in [2.05, 4.69) is 21.2 Å². The molecule has 0 saturated carbocycles. The van der Waals surface area contributed by atoms with Gasteiger partial charge in [-0.25, -0.2) is 4.79 Å². The molecule has 2 heterocycles. The van der Waals surface area contributed by atoms with Crippen LogP contribution in [0.5, 0.6) is 0 Å². The summed E-state index contributed by atoms with van der Waals surface area (Å²) < 4.78 is 12.1. The molecule has 0 unspecified atom stereocenters. The maximum Gasteiger partial charge on any atom is 0.340 e. The van der Waals surface area contributed by atoms with Crippen molar-refractivity contribution >= 4 is 49.7 Å². The van der Waals surface area contributed by atoms with E-state index in [1.807, 2.05) is 30.3 Å². The van der Waals surface area contributed by atoms with Crippen LogP contribution in [-0.2, 0) is 16.0 Å². The summed E-state index contributed by atoms with van der Waals surface area (Å²) in [6, 6.07) is 10.2. The highest BCUT2D eigenvalue weighted by Crippen LogP contribution is 2.35. The Bertz CT molecular complexity index is 1430. The summed E-state index contributed by atoms with van der Waals surface area (Å²) in [7, 11) is 0. The van der Waals surface area contributed by atoms with Gasteiger partial charge in [0, 0.05) is 26.9 Å². The van der Waals surface area contributed by atoms with Crippen LogP contribution in [0.2, 0.25) is 0 Å². The molecule has 7 nitrogen and oxygen atoms in total. The minimum Gasteiger partial charge on any atom is -0.548 e. The Morgan fingerprint density at radius 3 is 2.42 bits per heavy atom. The van der Waals surface area contributed by atoms with Gasteiger partial charge in [-0.1, -0.05) is 41.9 Å². The molecule has 1 atom stereocenters. The van der Waals surface area contributed by atoms with Crippen LogP contribution < -0.4 is 16.0 Å². The second kappa shape index (κ2) is 8.86. The molecular weight excluding hydrogens is 490 g/mol. The number of amides is 1. The zero-order valence-corrected chi connectivity index (χ0v) is 19.8. The SMILES string of the molecule is Cc1c(CC(=O)N[C@H](C(=O)[O-])C(C)C)c(=O)oc2cc3occ(-c4ccc(Br)cc4)c3cc12. The van der Waals surface area contributed by atoms with Crippen molar-refractivity contribution < 1.29 is 23.5 Å². The number of halogens is 1. The first-order valence-electron chi connectivity index (χ1n) is 10.4. The molecule has 2 aromatic carbocycles. The Kier molecular flexibility index (Phi) is 6.12. The van der Waals surface area contributed by atoms with Gasteiger partial charge in [-0.2, -0.15) is 0 Å². The Morgan fingerprint density at radius 1 is 1.09 bits per heavy atom. The lowest BCUT2D eigenvalue weighted by Crippen LogP contribution is -2.51. The molecule has 0 bridgehead atoms. The third-order valence-electron chi connectivity index (χ3n) is 5.71. The number of furan rings is 1. The number of hydrogen-bond donors (Lipinski definition) is 1. The summed E-state index contributed by atoms with van der Waals surface area (Å²) in [5, 5.41) is 15.2. The number of rotatable bonds is 6. The largest absolute Gasteiger partial charge is 0.548 e. The van der Waals surface area contributed by atoms with E-state index in [-0.39, 0.29) is 17.9 Å². The first-order valence-corrected chi connectivity index (χ1v) is 11.2. The smallest absolute Gasteiger partial charge is 0.340 e. The van der Waals surface area contributed by atoms with Gasteiger partial charge in [0.05, 0.1) is 30.3 Å². The van der Waals surface area contributed by atoms with Crippen LogP contribution in [0, 0.1) is 12.8 Å². The van der Waals surface area contributed by atoms with Crippen molar-refractivity contribution in [3.05, 3.63) is 68.7 Å². The highest BCUT2D eigenvalue weighted by atomic mass is 79.9. The Morgan fingerprint density at radius 2 is 1.79 bits per heavy atom. The highest BCUT2D eigenvalue weighted by molar-refractivity contribution is 9.10. The topological polar surface area (TPSA) is 113 Å². The fourth-order valence-electron chi connectivity index (χ4n) is 3.85. The molecule has 0 spiro atoms. The molecule has 1 amide bonds. The summed E-state index contributed by atoms with van der Waals surface area (Å²) >= 11 is 3.43. The quantitative estimate of drug-likeness (QED) is 0.395.